The number of aryl methyl sites for hydroxylation is 2. The molecule has 0 atom stereocenters. The summed E-state index contributed by atoms with van der Waals surface area (Å²) in [6, 6.07) is 9.19. The lowest BCUT2D eigenvalue weighted by Gasteiger charge is -2.22. The Hall–Kier alpha value is -2.14. The maximum atomic E-state index is 13.2. The number of methoxy groups -OCH3 is 2. The molecule has 1 fully saturated rings. The molecule has 0 radical (unpaired) electrons. The molecule has 1 aliphatic rings. The average molecular weight is 469 g/mol. The number of ether oxygens (including phenoxy) is 2. The fraction of sp³-hybridized carbons (Fsp3) is 0.429. The highest BCUT2D eigenvalue weighted by Crippen LogP contribution is 2.33. The third-order valence-electron chi connectivity index (χ3n) is 5.23. The second-order valence-electron chi connectivity index (χ2n) is 7.51. The summed E-state index contributed by atoms with van der Waals surface area (Å²) < 4.78 is 66.0. The van der Waals surface area contributed by atoms with E-state index in [9.17, 15) is 16.8 Å². The molecule has 0 heterocycles. The van der Waals surface area contributed by atoms with Crippen molar-refractivity contribution in [3.8, 4) is 11.5 Å². The third-order valence-corrected chi connectivity index (χ3v) is 8.63. The van der Waals surface area contributed by atoms with Crippen molar-refractivity contribution in [2.45, 2.75) is 42.5 Å². The molecule has 2 aromatic carbocycles. The Kier molecular flexibility index (Phi) is 6.95. The van der Waals surface area contributed by atoms with Gasteiger partial charge in [0.15, 0.2) is 0 Å². The molecule has 10 heteroatoms. The Morgan fingerprint density at radius 2 is 1.42 bits per heavy atom. The lowest BCUT2D eigenvalue weighted by atomic mass is 10.2. The first kappa shape index (κ1) is 23.5. The van der Waals surface area contributed by atoms with Gasteiger partial charge < -0.3 is 9.47 Å². The van der Waals surface area contributed by atoms with Crippen molar-refractivity contribution in [1.29, 1.82) is 0 Å². The van der Waals surface area contributed by atoms with Gasteiger partial charge in [-0.05, 0) is 74.2 Å². The molecular formula is C21H28N2O6S2. The van der Waals surface area contributed by atoms with Gasteiger partial charge in [0, 0.05) is 19.1 Å². The van der Waals surface area contributed by atoms with E-state index in [1.54, 1.807) is 32.0 Å². The number of hydrogen-bond acceptors (Lipinski definition) is 6. The molecule has 0 spiro atoms. The molecule has 0 bridgehead atoms. The van der Waals surface area contributed by atoms with Crippen LogP contribution in [0.1, 0.15) is 24.0 Å². The van der Waals surface area contributed by atoms with Crippen LogP contribution in [0.3, 0.4) is 0 Å². The Balaban J connectivity index is 1.74. The highest BCUT2D eigenvalue weighted by molar-refractivity contribution is 7.89. The molecule has 1 saturated carbocycles. The Bertz CT molecular complexity index is 1160. The zero-order valence-corrected chi connectivity index (χ0v) is 19.7. The van der Waals surface area contributed by atoms with Gasteiger partial charge in [0.1, 0.15) is 11.5 Å². The number of nitrogens with zero attached hydrogens (tertiary/aromatic N) is 1. The summed E-state index contributed by atoms with van der Waals surface area (Å²) in [6.45, 7) is 3.56. The van der Waals surface area contributed by atoms with Crippen LogP contribution in [0.25, 0.3) is 0 Å². The first-order valence-electron chi connectivity index (χ1n) is 9.91. The molecule has 1 aliphatic carbocycles. The van der Waals surface area contributed by atoms with E-state index in [4.69, 9.17) is 9.47 Å². The molecule has 1 N–H and O–H groups in total. The van der Waals surface area contributed by atoms with E-state index in [0.717, 1.165) is 18.4 Å². The van der Waals surface area contributed by atoms with Crippen LogP contribution >= 0.6 is 0 Å². The van der Waals surface area contributed by atoms with Gasteiger partial charge in [-0.25, -0.2) is 21.6 Å². The summed E-state index contributed by atoms with van der Waals surface area (Å²) in [5.74, 6) is 1.21. The summed E-state index contributed by atoms with van der Waals surface area (Å²) in [5.41, 5.74) is 1.41. The van der Waals surface area contributed by atoms with Crippen LogP contribution in [0, 0.1) is 13.8 Å². The van der Waals surface area contributed by atoms with Gasteiger partial charge in [0.25, 0.3) is 0 Å². The maximum Gasteiger partial charge on any atom is 0.243 e. The molecule has 8 nitrogen and oxygen atoms in total. The van der Waals surface area contributed by atoms with Gasteiger partial charge in [0.05, 0.1) is 24.0 Å². The van der Waals surface area contributed by atoms with Gasteiger partial charge in [-0.3, -0.25) is 0 Å². The molecule has 0 aromatic heterocycles. The predicted octanol–water partition coefficient (Wildman–Crippen LogP) is 2.45. The average Bonchev–Trinajstić information content (AvgIpc) is 3.55. The molecule has 0 aliphatic heterocycles. The lowest BCUT2D eigenvalue weighted by molar-refractivity contribution is 0.404. The quantitative estimate of drug-likeness (QED) is 0.575. The zero-order valence-electron chi connectivity index (χ0n) is 18.1. The topological polar surface area (TPSA) is 102 Å². The van der Waals surface area contributed by atoms with Crippen LogP contribution in [-0.4, -0.2) is 54.5 Å². The van der Waals surface area contributed by atoms with Crippen molar-refractivity contribution in [2.24, 2.45) is 0 Å². The van der Waals surface area contributed by atoms with Crippen molar-refractivity contribution in [1.82, 2.24) is 9.03 Å². The second-order valence-corrected chi connectivity index (χ2v) is 11.2. The molecule has 0 unspecified atom stereocenters. The van der Waals surface area contributed by atoms with E-state index in [1.807, 2.05) is 0 Å². The van der Waals surface area contributed by atoms with Crippen molar-refractivity contribution in [3.05, 3.63) is 47.5 Å². The Labute approximate surface area is 184 Å². The molecule has 0 amide bonds. The van der Waals surface area contributed by atoms with Crippen LogP contribution in [0.4, 0.5) is 0 Å². The first-order valence-corrected chi connectivity index (χ1v) is 12.8. The molecule has 0 saturated heterocycles. The minimum Gasteiger partial charge on any atom is -0.496 e. The standard InChI is InChI=1S/C21H28N2O6S2/c1-15-13-18(7-9-20(15)28-3)30(24,25)22-11-12-23(17-5-6-17)31(26,27)19-8-10-21(29-4)16(2)14-19/h7-10,13-14,17,22H,5-6,11-12H2,1-4H3. The van der Waals surface area contributed by atoms with E-state index < -0.39 is 20.0 Å². The van der Waals surface area contributed by atoms with Crippen LogP contribution in [0.5, 0.6) is 11.5 Å². The lowest BCUT2D eigenvalue weighted by Crippen LogP contribution is -2.40. The summed E-state index contributed by atoms with van der Waals surface area (Å²) in [5, 5.41) is 0. The summed E-state index contributed by atoms with van der Waals surface area (Å²) in [6.07, 6.45) is 1.53. The van der Waals surface area contributed by atoms with Crippen molar-refractivity contribution in [3.63, 3.8) is 0 Å². The van der Waals surface area contributed by atoms with E-state index in [0.29, 0.717) is 17.1 Å². The zero-order chi connectivity index (χ0) is 22.8. The van der Waals surface area contributed by atoms with E-state index in [2.05, 4.69) is 4.72 Å². The molecule has 3 rings (SSSR count). The summed E-state index contributed by atoms with van der Waals surface area (Å²) in [4.78, 5) is 0.281. The largest absolute Gasteiger partial charge is 0.496 e. The van der Waals surface area contributed by atoms with Crippen molar-refractivity contribution < 1.29 is 26.3 Å². The fourth-order valence-corrected chi connectivity index (χ4v) is 6.28. The van der Waals surface area contributed by atoms with Crippen molar-refractivity contribution in [2.75, 3.05) is 27.3 Å². The predicted molar refractivity (Wildman–Crippen MR) is 118 cm³/mol. The normalized spacial score (nSPS) is 14.6. The van der Waals surface area contributed by atoms with E-state index in [-0.39, 0.29) is 28.9 Å². The van der Waals surface area contributed by atoms with Crippen LogP contribution < -0.4 is 14.2 Å². The van der Waals surface area contributed by atoms with Gasteiger partial charge in [-0.1, -0.05) is 0 Å². The van der Waals surface area contributed by atoms with Gasteiger partial charge in [-0.15, -0.1) is 0 Å². The second kappa shape index (κ2) is 9.15. The highest BCUT2D eigenvalue weighted by Gasteiger charge is 2.38. The number of rotatable bonds is 10. The minimum absolute atomic E-state index is 0.0295. The van der Waals surface area contributed by atoms with Gasteiger partial charge >= 0.3 is 0 Å². The molecule has 2 aromatic rings. The molecule has 170 valence electrons. The Morgan fingerprint density at radius 1 is 0.903 bits per heavy atom. The SMILES string of the molecule is COc1ccc(S(=O)(=O)NCCN(C2CC2)S(=O)(=O)c2ccc(OC)c(C)c2)cc1C. The molecule has 31 heavy (non-hydrogen) atoms. The highest BCUT2D eigenvalue weighted by atomic mass is 32.2. The molecular weight excluding hydrogens is 440 g/mol. The first-order chi connectivity index (χ1) is 14.6. The maximum absolute atomic E-state index is 13.2. The van der Waals surface area contributed by atoms with Crippen molar-refractivity contribution >= 4 is 20.0 Å². The van der Waals surface area contributed by atoms with Crippen LogP contribution in [0.2, 0.25) is 0 Å². The number of benzene rings is 2. The number of sulfonamides is 2. The van der Waals surface area contributed by atoms with E-state index >= 15 is 0 Å². The third kappa shape index (κ3) is 5.20. The number of nitrogens with one attached hydrogen (secondary N) is 1. The smallest absolute Gasteiger partial charge is 0.243 e. The Morgan fingerprint density at radius 3 is 1.90 bits per heavy atom. The fourth-order valence-electron chi connectivity index (χ4n) is 3.40. The minimum atomic E-state index is -3.78. The van der Waals surface area contributed by atoms with Gasteiger partial charge in [0.2, 0.25) is 20.0 Å². The van der Waals surface area contributed by atoms with Gasteiger partial charge in [-0.2, -0.15) is 4.31 Å². The number of hydrogen-bond donors (Lipinski definition) is 1. The monoisotopic (exact) mass is 468 g/mol. The van der Waals surface area contributed by atoms with Crippen LogP contribution in [0.15, 0.2) is 46.2 Å². The summed E-state index contributed by atoms with van der Waals surface area (Å²) >= 11 is 0. The van der Waals surface area contributed by atoms with Crippen LogP contribution in [-0.2, 0) is 20.0 Å². The van der Waals surface area contributed by atoms with E-state index in [1.165, 1.54) is 36.7 Å². The summed E-state index contributed by atoms with van der Waals surface area (Å²) in [7, 11) is -4.48.